The van der Waals surface area contributed by atoms with Gasteiger partial charge in [0.1, 0.15) is 5.82 Å². The molecule has 1 aromatic heterocycles. The minimum atomic E-state index is -0.344. The van der Waals surface area contributed by atoms with Gasteiger partial charge in [-0.25, -0.2) is 4.39 Å². The minimum absolute atomic E-state index is 0.280. The lowest BCUT2D eigenvalue weighted by Gasteiger charge is -2.18. The Morgan fingerprint density at radius 2 is 2.09 bits per heavy atom. The topological polar surface area (TPSA) is 50.2 Å². The molecule has 1 saturated heterocycles. The van der Waals surface area contributed by atoms with Gasteiger partial charge in [0.2, 0.25) is 0 Å². The highest BCUT2D eigenvalue weighted by Gasteiger charge is 2.15. The fraction of sp³-hybridized carbons (Fsp3) is 0.375. The number of aryl methyl sites for hydroxylation is 1. The molecule has 1 aliphatic rings. The number of rotatable bonds is 4. The zero-order valence-corrected chi connectivity index (χ0v) is 12.6. The van der Waals surface area contributed by atoms with E-state index in [1.54, 1.807) is 10.9 Å². The maximum Gasteiger partial charge on any atom is 0.258 e. The third-order valence-corrected chi connectivity index (χ3v) is 3.83. The Labute approximate surface area is 128 Å². The molecule has 3 rings (SSSR count). The third-order valence-electron chi connectivity index (χ3n) is 3.83. The normalized spacial score (nSPS) is 14.4. The van der Waals surface area contributed by atoms with Crippen LogP contribution in [0.3, 0.4) is 0 Å². The molecule has 1 aromatic carbocycles. The third kappa shape index (κ3) is 3.10. The van der Waals surface area contributed by atoms with Gasteiger partial charge in [-0.15, -0.1) is 0 Å². The Hall–Kier alpha value is -2.37. The predicted octanol–water partition coefficient (Wildman–Crippen LogP) is 2.89. The molecule has 0 spiro atoms. The number of hydrogen-bond acceptors (Lipinski definition) is 3. The molecule has 0 saturated carbocycles. The average molecular weight is 302 g/mol. The minimum Gasteiger partial charge on any atom is -0.371 e. The maximum absolute atomic E-state index is 13.8. The van der Waals surface area contributed by atoms with Crippen LogP contribution in [-0.4, -0.2) is 28.8 Å². The Bertz CT molecular complexity index is 677. The quantitative estimate of drug-likeness (QED) is 0.945. The van der Waals surface area contributed by atoms with Crippen LogP contribution in [-0.2, 0) is 6.54 Å². The SMILES string of the molecule is CCn1cc(C(=O)Nc2cc(F)cc(N3CCCC3)c2)cn1. The molecule has 0 radical (unpaired) electrons. The second kappa shape index (κ2) is 6.17. The van der Waals surface area contributed by atoms with Crippen LogP contribution in [0, 0.1) is 5.82 Å². The predicted molar refractivity (Wildman–Crippen MR) is 83.7 cm³/mol. The number of amides is 1. The molecule has 1 fully saturated rings. The Morgan fingerprint density at radius 3 is 2.77 bits per heavy atom. The van der Waals surface area contributed by atoms with Crippen molar-refractivity contribution < 1.29 is 9.18 Å². The van der Waals surface area contributed by atoms with Gasteiger partial charge in [-0.2, -0.15) is 5.10 Å². The molecule has 2 aromatic rings. The van der Waals surface area contributed by atoms with Crippen molar-refractivity contribution in [2.75, 3.05) is 23.3 Å². The molecular formula is C16H19FN4O. The first-order valence-corrected chi connectivity index (χ1v) is 7.55. The van der Waals surface area contributed by atoms with Gasteiger partial charge in [-0.1, -0.05) is 0 Å². The lowest BCUT2D eigenvalue weighted by Crippen LogP contribution is -2.18. The fourth-order valence-electron chi connectivity index (χ4n) is 2.66. The second-order valence-electron chi connectivity index (χ2n) is 5.43. The zero-order valence-electron chi connectivity index (χ0n) is 12.6. The molecule has 1 aliphatic heterocycles. The highest BCUT2D eigenvalue weighted by Crippen LogP contribution is 2.25. The summed E-state index contributed by atoms with van der Waals surface area (Å²) in [6, 6.07) is 4.66. The number of carbonyl (C=O) groups is 1. The summed E-state index contributed by atoms with van der Waals surface area (Å²) in [5, 5.41) is 6.81. The van der Waals surface area contributed by atoms with E-state index in [4.69, 9.17) is 0 Å². The Kier molecular flexibility index (Phi) is 4.09. The number of halogens is 1. The molecule has 0 atom stereocenters. The fourth-order valence-corrected chi connectivity index (χ4v) is 2.66. The molecule has 2 heterocycles. The van der Waals surface area contributed by atoms with Crippen molar-refractivity contribution in [3.63, 3.8) is 0 Å². The van der Waals surface area contributed by atoms with Crippen molar-refractivity contribution in [3.05, 3.63) is 42.0 Å². The van der Waals surface area contributed by atoms with E-state index in [0.29, 0.717) is 17.8 Å². The van der Waals surface area contributed by atoms with Crippen LogP contribution < -0.4 is 10.2 Å². The summed E-state index contributed by atoms with van der Waals surface area (Å²) in [6.07, 6.45) is 5.43. The Morgan fingerprint density at radius 1 is 1.32 bits per heavy atom. The molecule has 6 heteroatoms. The summed E-state index contributed by atoms with van der Waals surface area (Å²) in [4.78, 5) is 14.3. The van der Waals surface area contributed by atoms with Gasteiger partial charge in [0, 0.05) is 37.2 Å². The number of carbonyl (C=O) groups excluding carboxylic acids is 1. The highest BCUT2D eigenvalue weighted by molar-refractivity contribution is 6.04. The molecule has 116 valence electrons. The summed E-state index contributed by atoms with van der Waals surface area (Å²) in [6.45, 7) is 4.51. The van der Waals surface area contributed by atoms with Gasteiger partial charge in [0.15, 0.2) is 0 Å². The molecule has 0 aliphatic carbocycles. The van der Waals surface area contributed by atoms with E-state index in [2.05, 4.69) is 15.3 Å². The van der Waals surface area contributed by atoms with E-state index in [-0.39, 0.29) is 11.7 Å². The highest BCUT2D eigenvalue weighted by atomic mass is 19.1. The van der Waals surface area contributed by atoms with Gasteiger partial charge < -0.3 is 10.2 Å². The van der Waals surface area contributed by atoms with E-state index in [1.165, 1.54) is 18.3 Å². The van der Waals surface area contributed by atoms with Crippen LogP contribution in [0.5, 0.6) is 0 Å². The van der Waals surface area contributed by atoms with Crippen LogP contribution in [0.1, 0.15) is 30.1 Å². The molecule has 22 heavy (non-hydrogen) atoms. The lowest BCUT2D eigenvalue weighted by atomic mass is 10.2. The van der Waals surface area contributed by atoms with E-state index in [1.807, 2.05) is 13.0 Å². The van der Waals surface area contributed by atoms with Crippen LogP contribution in [0.2, 0.25) is 0 Å². The maximum atomic E-state index is 13.8. The largest absolute Gasteiger partial charge is 0.371 e. The van der Waals surface area contributed by atoms with E-state index in [0.717, 1.165) is 31.6 Å². The van der Waals surface area contributed by atoms with Crippen LogP contribution in [0.15, 0.2) is 30.6 Å². The molecule has 1 N–H and O–H groups in total. The first-order valence-electron chi connectivity index (χ1n) is 7.55. The number of benzene rings is 1. The van der Waals surface area contributed by atoms with Gasteiger partial charge in [-0.3, -0.25) is 9.48 Å². The Balaban J connectivity index is 1.77. The first kappa shape index (κ1) is 14.6. The zero-order chi connectivity index (χ0) is 15.5. The number of aromatic nitrogens is 2. The summed E-state index contributed by atoms with van der Waals surface area (Å²) in [5.41, 5.74) is 1.75. The van der Waals surface area contributed by atoms with Crippen LogP contribution in [0.25, 0.3) is 0 Å². The van der Waals surface area contributed by atoms with E-state index in [9.17, 15) is 9.18 Å². The number of hydrogen-bond donors (Lipinski definition) is 1. The summed E-state index contributed by atoms with van der Waals surface area (Å²) < 4.78 is 15.5. The standard InChI is InChI=1S/C16H19FN4O/c1-2-21-11-12(10-18-21)16(22)19-14-7-13(17)8-15(9-14)20-5-3-4-6-20/h7-11H,2-6H2,1H3,(H,19,22). The molecule has 5 nitrogen and oxygen atoms in total. The van der Waals surface area contributed by atoms with Crippen molar-refractivity contribution in [2.45, 2.75) is 26.3 Å². The van der Waals surface area contributed by atoms with Crippen molar-refractivity contribution >= 4 is 17.3 Å². The van der Waals surface area contributed by atoms with Crippen molar-refractivity contribution in [1.82, 2.24) is 9.78 Å². The molecule has 0 unspecified atom stereocenters. The second-order valence-corrected chi connectivity index (χ2v) is 5.43. The van der Waals surface area contributed by atoms with E-state index < -0.39 is 0 Å². The molecule has 0 bridgehead atoms. The summed E-state index contributed by atoms with van der Waals surface area (Å²) in [7, 11) is 0. The van der Waals surface area contributed by atoms with E-state index >= 15 is 0 Å². The van der Waals surface area contributed by atoms with Crippen molar-refractivity contribution in [1.29, 1.82) is 0 Å². The smallest absolute Gasteiger partial charge is 0.258 e. The lowest BCUT2D eigenvalue weighted by molar-refractivity contribution is 0.102. The number of nitrogens with zero attached hydrogens (tertiary/aromatic N) is 3. The van der Waals surface area contributed by atoms with Crippen molar-refractivity contribution in [3.8, 4) is 0 Å². The first-order chi connectivity index (χ1) is 10.7. The summed E-state index contributed by atoms with van der Waals surface area (Å²) >= 11 is 0. The van der Waals surface area contributed by atoms with Crippen LogP contribution >= 0.6 is 0 Å². The van der Waals surface area contributed by atoms with Gasteiger partial charge in [0.25, 0.3) is 5.91 Å². The van der Waals surface area contributed by atoms with Crippen LogP contribution in [0.4, 0.5) is 15.8 Å². The summed E-state index contributed by atoms with van der Waals surface area (Å²) in [5.74, 6) is -0.623. The van der Waals surface area contributed by atoms with Gasteiger partial charge in [0.05, 0.1) is 11.8 Å². The van der Waals surface area contributed by atoms with Gasteiger partial charge in [-0.05, 0) is 38.0 Å². The monoisotopic (exact) mass is 302 g/mol. The molecular weight excluding hydrogens is 283 g/mol. The molecule has 1 amide bonds. The van der Waals surface area contributed by atoms with Crippen molar-refractivity contribution in [2.24, 2.45) is 0 Å². The number of anilines is 2. The van der Waals surface area contributed by atoms with Gasteiger partial charge >= 0.3 is 0 Å². The number of nitrogens with one attached hydrogen (secondary N) is 1. The average Bonchev–Trinajstić information content (AvgIpc) is 3.18.